The molecule has 1 heterocycles. The molecule has 1 aliphatic rings. The molecule has 0 aromatic heterocycles. The number of piperidine rings is 1. The standard InChI is InChI=1S/C19H18ClN3O4S/c20-13-7-9-14(10-8-13)27-16-6-4-5-15(17(16)23(25)26)18(24)21-19(28)22-11-2-1-3-12-22/h4-10H,1-3,11-12H2,(H,21,24,28). The second-order valence-electron chi connectivity index (χ2n) is 6.27. The van der Waals surface area contributed by atoms with Crippen LogP contribution in [0.2, 0.25) is 5.02 Å². The summed E-state index contributed by atoms with van der Waals surface area (Å²) in [5.74, 6) is -0.304. The molecule has 28 heavy (non-hydrogen) atoms. The van der Waals surface area contributed by atoms with E-state index in [1.807, 2.05) is 4.90 Å². The van der Waals surface area contributed by atoms with Crippen molar-refractivity contribution < 1.29 is 14.5 Å². The fraction of sp³-hybridized carbons (Fsp3) is 0.263. The van der Waals surface area contributed by atoms with E-state index in [9.17, 15) is 14.9 Å². The number of ether oxygens (including phenoxy) is 1. The lowest BCUT2D eigenvalue weighted by Crippen LogP contribution is -2.45. The summed E-state index contributed by atoms with van der Waals surface area (Å²) >= 11 is 11.1. The van der Waals surface area contributed by atoms with Gasteiger partial charge in [-0.2, -0.15) is 0 Å². The normalized spacial score (nSPS) is 13.7. The number of hydrogen-bond acceptors (Lipinski definition) is 5. The first-order chi connectivity index (χ1) is 13.5. The van der Waals surface area contributed by atoms with Gasteiger partial charge in [0.2, 0.25) is 5.75 Å². The highest BCUT2D eigenvalue weighted by molar-refractivity contribution is 7.80. The topological polar surface area (TPSA) is 84.7 Å². The van der Waals surface area contributed by atoms with Gasteiger partial charge in [-0.1, -0.05) is 17.7 Å². The minimum Gasteiger partial charge on any atom is -0.450 e. The molecular weight excluding hydrogens is 402 g/mol. The number of thiocarbonyl (C=S) groups is 1. The molecule has 0 atom stereocenters. The number of nitro groups is 1. The third kappa shape index (κ3) is 4.76. The highest BCUT2D eigenvalue weighted by Gasteiger charge is 2.27. The van der Waals surface area contributed by atoms with Crippen LogP contribution in [0, 0.1) is 10.1 Å². The zero-order valence-corrected chi connectivity index (χ0v) is 16.5. The van der Waals surface area contributed by atoms with E-state index in [-0.39, 0.29) is 16.4 Å². The van der Waals surface area contributed by atoms with Crippen molar-refractivity contribution in [2.75, 3.05) is 13.1 Å². The van der Waals surface area contributed by atoms with Crippen LogP contribution in [0.1, 0.15) is 29.6 Å². The van der Waals surface area contributed by atoms with Gasteiger partial charge in [-0.15, -0.1) is 0 Å². The Morgan fingerprint density at radius 3 is 2.46 bits per heavy atom. The molecule has 2 aromatic rings. The molecule has 0 radical (unpaired) electrons. The van der Waals surface area contributed by atoms with Crippen molar-refractivity contribution in [1.82, 2.24) is 10.2 Å². The number of likely N-dealkylation sites (tertiary alicyclic amines) is 1. The number of carbonyl (C=O) groups excluding carboxylic acids is 1. The monoisotopic (exact) mass is 419 g/mol. The molecule has 1 saturated heterocycles. The number of nitrogens with zero attached hydrogens (tertiary/aromatic N) is 2. The summed E-state index contributed by atoms with van der Waals surface area (Å²) in [7, 11) is 0. The first-order valence-electron chi connectivity index (χ1n) is 8.77. The summed E-state index contributed by atoms with van der Waals surface area (Å²) in [5, 5.41) is 15.1. The number of halogens is 1. The van der Waals surface area contributed by atoms with E-state index in [0.29, 0.717) is 10.8 Å². The van der Waals surface area contributed by atoms with Crippen molar-refractivity contribution in [2.24, 2.45) is 0 Å². The number of para-hydroxylation sites is 1. The lowest BCUT2D eigenvalue weighted by molar-refractivity contribution is -0.385. The Balaban J connectivity index is 1.83. The summed E-state index contributed by atoms with van der Waals surface area (Å²) in [6.07, 6.45) is 3.13. The van der Waals surface area contributed by atoms with Gasteiger partial charge in [0.15, 0.2) is 5.11 Å². The van der Waals surface area contributed by atoms with E-state index >= 15 is 0 Å². The van der Waals surface area contributed by atoms with Crippen LogP contribution in [-0.4, -0.2) is 33.9 Å². The first-order valence-corrected chi connectivity index (χ1v) is 9.55. The predicted molar refractivity (Wildman–Crippen MR) is 110 cm³/mol. The van der Waals surface area contributed by atoms with Gasteiger partial charge in [-0.25, -0.2) is 0 Å². The van der Waals surface area contributed by atoms with Crippen molar-refractivity contribution in [3.8, 4) is 11.5 Å². The molecule has 0 unspecified atom stereocenters. The lowest BCUT2D eigenvalue weighted by atomic mass is 10.1. The molecule has 1 fully saturated rings. The van der Waals surface area contributed by atoms with Gasteiger partial charge in [0, 0.05) is 18.1 Å². The average Bonchev–Trinajstić information content (AvgIpc) is 2.70. The van der Waals surface area contributed by atoms with Gasteiger partial charge in [0.05, 0.1) is 4.92 Å². The molecule has 1 N–H and O–H groups in total. The van der Waals surface area contributed by atoms with Gasteiger partial charge in [-0.05, 0) is 67.9 Å². The maximum absolute atomic E-state index is 12.7. The van der Waals surface area contributed by atoms with E-state index in [0.717, 1.165) is 32.4 Å². The minimum absolute atomic E-state index is 0.0381. The smallest absolute Gasteiger partial charge is 0.324 e. The zero-order chi connectivity index (χ0) is 20.1. The number of nitrogens with one attached hydrogen (secondary N) is 1. The third-order valence-electron chi connectivity index (χ3n) is 4.33. The molecule has 1 amide bonds. The van der Waals surface area contributed by atoms with Gasteiger partial charge in [0.1, 0.15) is 11.3 Å². The van der Waals surface area contributed by atoms with Gasteiger partial charge in [0.25, 0.3) is 5.91 Å². The van der Waals surface area contributed by atoms with E-state index in [4.69, 9.17) is 28.6 Å². The van der Waals surface area contributed by atoms with Crippen molar-refractivity contribution in [1.29, 1.82) is 0 Å². The van der Waals surface area contributed by atoms with Crippen LogP contribution >= 0.6 is 23.8 Å². The second kappa shape index (κ2) is 8.99. The Bertz CT molecular complexity index is 899. The predicted octanol–water partition coefficient (Wildman–Crippen LogP) is 4.54. The summed E-state index contributed by atoms with van der Waals surface area (Å²) in [6.45, 7) is 1.53. The summed E-state index contributed by atoms with van der Waals surface area (Å²) in [5.41, 5.74) is -0.535. The van der Waals surface area contributed by atoms with Crippen molar-refractivity contribution in [3.05, 3.63) is 63.2 Å². The molecule has 7 nitrogen and oxygen atoms in total. The molecule has 2 aromatic carbocycles. The molecule has 0 aliphatic carbocycles. The third-order valence-corrected chi connectivity index (χ3v) is 4.94. The molecular formula is C19H18ClN3O4S. The first kappa shape index (κ1) is 20.0. The Morgan fingerprint density at radius 2 is 1.82 bits per heavy atom. The Morgan fingerprint density at radius 1 is 1.14 bits per heavy atom. The Kier molecular flexibility index (Phi) is 6.43. The van der Waals surface area contributed by atoms with Crippen LogP contribution in [0.15, 0.2) is 42.5 Å². The Labute approximate surface area is 172 Å². The number of hydrogen-bond donors (Lipinski definition) is 1. The number of benzene rings is 2. The molecule has 1 aliphatic heterocycles. The second-order valence-corrected chi connectivity index (χ2v) is 7.10. The number of amides is 1. The summed E-state index contributed by atoms with van der Waals surface area (Å²) in [4.78, 5) is 25.6. The van der Waals surface area contributed by atoms with Gasteiger partial charge >= 0.3 is 5.69 Å². The molecule has 0 bridgehead atoms. The van der Waals surface area contributed by atoms with E-state index in [2.05, 4.69) is 5.32 Å². The maximum atomic E-state index is 12.7. The number of rotatable bonds is 4. The quantitative estimate of drug-likeness (QED) is 0.445. The SMILES string of the molecule is O=C(NC(=S)N1CCCCC1)c1cccc(Oc2ccc(Cl)cc2)c1[N+](=O)[O-]. The van der Waals surface area contributed by atoms with Crippen LogP contribution in [-0.2, 0) is 0 Å². The zero-order valence-electron chi connectivity index (χ0n) is 14.9. The van der Waals surface area contributed by atoms with Gasteiger partial charge < -0.3 is 9.64 Å². The van der Waals surface area contributed by atoms with Crippen molar-refractivity contribution in [2.45, 2.75) is 19.3 Å². The molecule has 0 spiro atoms. The molecule has 9 heteroatoms. The average molecular weight is 420 g/mol. The van der Waals surface area contributed by atoms with Crippen LogP contribution in [0.3, 0.4) is 0 Å². The lowest BCUT2D eigenvalue weighted by Gasteiger charge is -2.28. The minimum atomic E-state index is -0.635. The summed E-state index contributed by atoms with van der Waals surface area (Å²) in [6, 6.07) is 10.7. The summed E-state index contributed by atoms with van der Waals surface area (Å²) < 4.78 is 5.61. The van der Waals surface area contributed by atoms with Crippen LogP contribution in [0.5, 0.6) is 11.5 Å². The fourth-order valence-electron chi connectivity index (χ4n) is 2.95. The van der Waals surface area contributed by atoms with Gasteiger partial charge in [-0.3, -0.25) is 20.2 Å². The number of nitro benzene ring substituents is 1. The van der Waals surface area contributed by atoms with Crippen LogP contribution in [0.4, 0.5) is 5.69 Å². The van der Waals surface area contributed by atoms with E-state index in [1.165, 1.54) is 18.2 Å². The molecule has 146 valence electrons. The van der Waals surface area contributed by atoms with E-state index < -0.39 is 16.5 Å². The Hall–Kier alpha value is -2.71. The number of carbonyl (C=O) groups is 1. The highest BCUT2D eigenvalue weighted by Crippen LogP contribution is 2.34. The van der Waals surface area contributed by atoms with Crippen molar-refractivity contribution >= 4 is 40.5 Å². The maximum Gasteiger partial charge on any atom is 0.324 e. The largest absolute Gasteiger partial charge is 0.450 e. The molecule has 0 saturated carbocycles. The molecule has 3 rings (SSSR count). The van der Waals surface area contributed by atoms with E-state index in [1.54, 1.807) is 24.3 Å². The van der Waals surface area contributed by atoms with Crippen molar-refractivity contribution in [3.63, 3.8) is 0 Å². The van der Waals surface area contributed by atoms with Crippen LogP contribution < -0.4 is 10.1 Å². The fourth-order valence-corrected chi connectivity index (χ4v) is 3.35. The highest BCUT2D eigenvalue weighted by atomic mass is 35.5. The van der Waals surface area contributed by atoms with Crippen LogP contribution in [0.25, 0.3) is 0 Å².